The first-order valence-electron chi connectivity index (χ1n) is 11.5. The van der Waals surface area contributed by atoms with Crippen molar-refractivity contribution < 1.29 is 14.3 Å². The number of para-hydroxylation sites is 2. The number of aromatic nitrogens is 5. The van der Waals surface area contributed by atoms with Crippen LogP contribution in [-0.4, -0.2) is 49.0 Å². The topological polar surface area (TPSA) is 84.1 Å². The van der Waals surface area contributed by atoms with Crippen LogP contribution in [0, 0.1) is 27.7 Å². The Morgan fingerprint density at radius 2 is 1.89 bits per heavy atom. The van der Waals surface area contributed by atoms with Crippen LogP contribution in [0.25, 0.3) is 5.69 Å². The van der Waals surface area contributed by atoms with E-state index in [4.69, 9.17) is 9.47 Å². The van der Waals surface area contributed by atoms with E-state index in [1.165, 1.54) is 11.8 Å². The predicted molar refractivity (Wildman–Crippen MR) is 134 cm³/mol. The maximum Gasteiger partial charge on any atom is 0.214 e. The smallest absolute Gasteiger partial charge is 0.214 e. The molecule has 0 N–H and O–H groups in total. The van der Waals surface area contributed by atoms with Crippen LogP contribution in [0.2, 0.25) is 0 Å². The van der Waals surface area contributed by atoms with E-state index in [1.54, 1.807) is 4.68 Å². The Bertz CT molecular complexity index is 1390. The molecule has 0 spiro atoms. The number of thioether (sulfide) groups is 1. The Kier molecular flexibility index (Phi) is 6.34. The largest absolute Gasteiger partial charge is 0.486 e. The van der Waals surface area contributed by atoms with E-state index in [0.29, 0.717) is 23.9 Å². The van der Waals surface area contributed by atoms with E-state index in [-0.39, 0.29) is 17.6 Å². The minimum atomic E-state index is -0.130. The van der Waals surface area contributed by atoms with Crippen LogP contribution in [0.1, 0.15) is 32.9 Å². The highest BCUT2D eigenvalue weighted by molar-refractivity contribution is 7.99. The van der Waals surface area contributed by atoms with Crippen molar-refractivity contribution in [3.05, 3.63) is 76.6 Å². The number of carbonyl (C=O) groups excluding carboxylic acids is 1. The summed E-state index contributed by atoms with van der Waals surface area (Å²) < 4.78 is 15.8. The van der Waals surface area contributed by atoms with Gasteiger partial charge in [-0.3, -0.25) is 4.79 Å². The Balaban J connectivity index is 1.28. The third-order valence-corrected chi connectivity index (χ3v) is 7.11. The van der Waals surface area contributed by atoms with E-state index in [1.807, 2.05) is 70.2 Å². The second kappa shape index (κ2) is 9.58. The van der Waals surface area contributed by atoms with Gasteiger partial charge < -0.3 is 14.0 Å². The fourth-order valence-corrected chi connectivity index (χ4v) is 5.06. The standard InChI is InChI=1S/C26H27N5O3S/c1-16-9-10-17(2)22(11-16)31-26(27-28-29-31)35-15-23(32)21-12-18(3)30(19(21)4)13-20-14-33-24-7-5-6-8-25(24)34-20/h5-12,20H,13-15H2,1-4H3. The van der Waals surface area contributed by atoms with Gasteiger partial charge in [0.15, 0.2) is 23.4 Å². The molecule has 0 radical (unpaired) electrons. The molecule has 8 nitrogen and oxygen atoms in total. The van der Waals surface area contributed by atoms with Crippen LogP contribution in [0.4, 0.5) is 0 Å². The van der Waals surface area contributed by atoms with Gasteiger partial charge in [0.25, 0.3) is 0 Å². The molecule has 4 aromatic rings. The zero-order valence-corrected chi connectivity index (χ0v) is 21.0. The predicted octanol–water partition coefficient (Wildman–Crippen LogP) is 4.51. The molecule has 2 aromatic carbocycles. The van der Waals surface area contributed by atoms with Gasteiger partial charge in [0.2, 0.25) is 5.16 Å². The van der Waals surface area contributed by atoms with Crippen molar-refractivity contribution in [2.75, 3.05) is 12.4 Å². The second-order valence-corrected chi connectivity index (χ2v) is 9.71. The van der Waals surface area contributed by atoms with Gasteiger partial charge in [-0.25, -0.2) is 0 Å². The summed E-state index contributed by atoms with van der Waals surface area (Å²) in [7, 11) is 0. The van der Waals surface area contributed by atoms with Crippen LogP contribution < -0.4 is 9.47 Å². The molecule has 35 heavy (non-hydrogen) atoms. The monoisotopic (exact) mass is 489 g/mol. The van der Waals surface area contributed by atoms with Gasteiger partial charge in [-0.15, -0.1) is 5.10 Å². The number of hydrogen-bond acceptors (Lipinski definition) is 7. The summed E-state index contributed by atoms with van der Waals surface area (Å²) >= 11 is 1.34. The lowest BCUT2D eigenvalue weighted by Gasteiger charge is -2.27. The lowest BCUT2D eigenvalue weighted by atomic mass is 10.1. The number of aryl methyl sites for hydroxylation is 3. The molecule has 1 unspecified atom stereocenters. The lowest BCUT2D eigenvalue weighted by molar-refractivity contribution is 0.0777. The van der Waals surface area contributed by atoms with Crippen molar-refractivity contribution in [1.82, 2.24) is 24.8 Å². The third-order valence-electron chi connectivity index (χ3n) is 6.19. The number of hydrogen-bond donors (Lipinski definition) is 0. The number of carbonyl (C=O) groups is 1. The molecule has 180 valence electrons. The average molecular weight is 490 g/mol. The van der Waals surface area contributed by atoms with Crippen molar-refractivity contribution in [1.29, 1.82) is 0 Å². The maximum absolute atomic E-state index is 13.2. The van der Waals surface area contributed by atoms with Gasteiger partial charge in [-0.05, 0) is 73.5 Å². The molecule has 1 aliphatic heterocycles. The number of nitrogens with zero attached hydrogens (tertiary/aromatic N) is 5. The Hall–Kier alpha value is -3.59. The lowest BCUT2D eigenvalue weighted by Crippen LogP contribution is -2.33. The van der Waals surface area contributed by atoms with Gasteiger partial charge in [-0.1, -0.05) is 36.0 Å². The first-order valence-corrected chi connectivity index (χ1v) is 12.5. The van der Waals surface area contributed by atoms with Gasteiger partial charge in [0.1, 0.15) is 6.61 Å². The quantitative estimate of drug-likeness (QED) is 0.279. The molecule has 0 saturated heterocycles. The summed E-state index contributed by atoms with van der Waals surface area (Å²) in [6.07, 6.45) is -0.130. The van der Waals surface area contributed by atoms with Crippen LogP contribution in [0.3, 0.4) is 0 Å². The Labute approximate surface area is 208 Å². The molecule has 0 saturated carbocycles. The van der Waals surface area contributed by atoms with Crippen LogP contribution in [0.5, 0.6) is 11.5 Å². The highest BCUT2D eigenvalue weighted by Gasteiger charge is 2.24. The van der Waals surface area contributed by atoms with Crippen molar-refractivity contribution in [2.45, 2.75) is 45.5 Å². The third kappa shape index (κ3) is 4.68. The molecule has 0 fully saturated rings. The highest BCUT2D eigenvalue weighted by Crippen LogP contribution is 2.32. The molecule has 5 rings (SSSR count). The maximum atomic E-state index is 13.2. The SMILES string of the molecule is Cc1ccc(C)c(-n2nnnc2SCC(=O)c2cc(C)n(CC3COc4ccccc4O3)c2C)c1. The van der Waals surface area contributed by atoms with Crippen LogP contribution in [0.15, 0.2) is 53.7 Å². The number of benzene rings is 2. The van der Waals surface area contributed by atoms with E-state index in [9.17, 15) is 4.79 Å². The fraction of sp³-hybridized carbons (Fsp3) is 0.308. The Morgan fingerprint density at radius 3 is 2.71 bits per heavy atom. The second-order valence-electron chi connectivity index (χ2n) is 8.77. The summed E-state index contributed by atoms with van der Waals surface area (Å²) in [5, 5.41) is 12.7. The highest BCUT2D eigenvalue weighted by atomic mass is 32.2. The van der Waals surface area contributed by atoms with Gasteiger partial charge in [-0.2, -0.15) is 4.68 Å². The first-order chi connectivity index (χ1) is 16.9. The first kappa shape index (κ1) is 23.2. The van der Waals surface area contributed by atoms with Gasteiger partial charge in [0, 0.05) is 17.0 Å². The van der Waals surface area contributed by atoms with E-state index in [0.717, 1.165) is 39.7 Å². The molecule has 2 aromatic heterocycles. The molecular formula is C26H27N5O3S. The number of fused-ring (bicyclic) bond motifs is 1. The fourth-order valence-electron chi connectivity index (χ4n) is 4.30. The minimum Gasteiger partial charge on any atom is -0.486 e. The van der Waals surface area contributed by atoms with Crippen molar-refractivity contribution in [3.8, 4) is 17.2 Å². The molecule has 0 aliphatic carbocycles. The zero-order chi connectivity index (χ0) is 24.5. The Morgan fingerprint density at radius 1 is 1.09 bits per heavy atom. The molecule has 3 heterocycles. The van der Waals surface area contributed by atoms with E-state index < -0.39 is 0 Å². The summed E-state index contributed by atoms with van der Waals surface area (Å²) in [5.41, 5.74) is 5.74. The zero-order valence-electron chi connectivity index (χ0n) is 20.2. The molecule has 1 aliphatic rings. The number of rotatable bonds is 7. The molecule has 1 atom stereocenters. The molecular weight excluding hydrogens is 462 g/mol. The number of Topliss-reactive ketones (excluding diaryl/α,β-unsaturated/α-hetero) is 1. The van der Waals surface area contributed by atoms with Crippen molar-refractivity contribution in [3.63, 3.8) is 0 Å². The molecule has 0 amide bonds. The van der Waals surface area contributed by atoms with Crippen LogP contribution >= 0.6 is 11.8 Å². The number of ether oxygens (including phenoxy) is 2. The summed E-state index contributed by atoms with van der Waals surface area (Å²) in [6, 6.07) is 15.8. The minimum absolute atomic E-state index is 0.0380. The van der Waals surface area contributed by atoms with Crippen molar-refractivity contribution in [2.24, 2.45) is 0 Å². The summed E-state index contributed by atoms with van der Waals surface area (Å²) in [6.45, 7) is 9.11. The van der Waals surface area contributed by atoms with Crippen LogP contribution in [-0.2, 0) is 6.54 Å². The van der Waals surface area contributed by atoms with E-state index in [2.05, 4.69) is 26.2 Å². The normalized spacial score (nSPS) is 14.8. The molecule has 9 heteroatoms. The van der Waals surface area contributed by atoms with Crippen molar-refractivity contribution >= 4 is 17.5 Å². The summed E-state index contributed by atoms with van der Waals surface area (Å²) in [4.78, 5) is 13.2. The van der Waals surface area contributed by atoms with E-state index >= 15 is 0 Å². The average Bonchev–Trinajstić information content (AvgIpc) is 3.44. The van der Waals surface area contributed by atoms with Gasteiger partial charge >= 0.3 is 0 Å². The number of tetrazole rings is 1. The number of ketones is 1. The summed E-state index contributed by atoms with van der Waals surface area (Å²) in [5.74, 6) is 1.80. The van der Waals surface area contributed by atoms with Gasteiger partial charge in [0.05, 0.1) is 18.0 Å². The molecule has 0 bridgehead atoms.